The summed E-state index contributed by atoms with van der Waals surface area (Å²) in [5.74, 6) is -0.140. The second-order valence-corrected chi connectivity index (χ2v) is 1.87. The van der Waals surface area contributed by atoms with Crippen LogP contribution < -0.4 is 0 Å². The summed E-state index contributed by atoms with van der Waals surface area (Å²) in [6.45, 7) is 0. The fraction of sp³-hybridized carbons (Fsp3) is 0.333. The molecule has 0 saturated heterocycles. The monoisotopic (exact) mass is 139 g/mol. The van der Waals surface area contributed by atoms with Gasteiger partial charge in [-0.2, -0.15) is 0 Å². The predicted molar refractivity (Wildman–Crippen MR) is 33.4 cm³/mol. The zero-order valence-electron chi connectivity index (χ0n) is 5.29. The molecule has 53 valence electrons. The van der Waals surface area contributed by atoms with Crippen molar-refractivity contribution in [2.45, 2.75) is 12.8 Å². The highest BCUT2D eigenvalue weighted by atomic mass is 16.4. The van der Waals surface area contributed by atoms with E-state index in [1.807, 2.05) is 0 Å². The number of carboxylic acids is 1. The Kier molecular flexibility index (Phi) is 2.04. The van der Waals surface area contributed by atoms with E-state index in [2.05, 4.69) is 16.2 Å². The molecule has 1 heterocycles. The van der Waals surface area contributed by atoms with Crippen LogP contribution >= 0.6 is 0 Å². The van der Waals surface area contributed by atoms with Crippen LogP contribution in [0.25, 0.3) is 0 Å². The maximum Gasteiger partial charge on any atom is 0.303 e. The van der Waals surface area contributed by atoms with Crippen molar-refractivity contribution in [3.8, 4) is 0 Å². The van der Waals surface area contributed by atoms with E-state index >= 15 is 0 Å². The van der Waals surface area contributed by atoms with Gasteiger partial charge in [0.25, 0.3) is 0 Å². The molecule has 4 heteroatoms. The molecule has 0 aliphatic carbocycles. The molecule has 0 aliphatic rings. The number of nitrogens with one attached hydrogen (secondary N) is 1. The lowest BCUT2D eigenvalue weighted by Crippen LogP contribution is -1.98. The van der Waals surface area contributed by atoms with E-state index in [9.17, 15) is 4.79 Å². The molecular formula is C6H7N2O2. The van der Waals surface area contributed by atoms with E-state index in [1.165, 1.54) is 0 Å². The number of carbonyl (C=O) groups is 1. The Morgan fingerprint density at radius 3 is 3.20 bits per heavy atom. The Hall–Kier alpha value is -1.32. The largest absolute Gasteiger partial charge is 0.481 e. The van der Waals surface area contributed by atoms with Gasteiger partial charge in [0.2, 0.25) is 0 Å². The molecule has 1 aromatic rings. The van der Waals surface area contributed by atoms with E-state index < -0.39 is 5.97 Å². The van der Waals surface area contributed by atoms with Crippen molar-refractivity contribution in [1.29, 1.82) is 0 Å². The quantitative estimate of drug-likeness (QED) is 0.629. The third-order valence-corrected chi connectivity index (χ3v) is 1.08. The van der Waals surface area contributed by atoms with Crippen LogP contribution in [0.1, 0.15) is 12.2 Å². The zero-order chi connectivity index (χ0) is 7.40. The average Bonchev–Trinajstić information content (AvgIpc) is 2.34. The Bertz CT molecular complexity index is 206. The van der Waals surface area contributed by atoms with Gasteiger partial charge in [0.15, 0.2) is 0 Å². The molecule has 0 aliphatic heterocycles. The summed E-state index contributed by atoms with van der Waals surface area (Å²) < 4.78 is 0. The van der Waals surface area contributed by atoms with Crippen molar-refractivity contribution in [3.63, 3.8) is 0 Å². The second-order valence-electron chi connectivity index (χ2n) is 1.87. The van der Waals surface area contributed by atoms with Crippen LogP contribution in [0.5, 0.6) is 0 Å². The summed E-state index contributed by atoms with van der Waals surface area (Å²) >= 11 is 0. The molecule has 1 aromatic heterocycles. The summed E-state index contributed by atoms with van der Waals surface area (Å²) in [4.78, 5) is 16.5. The molecular weight excluding hydrogens is 132 g/mol. The third-order valence-electron chi connectivity index (χ3n) is 1.08. The number of hydrogen-bond donors (Lipinski definition) is 2. The molecule has 0 atom stereocenters. The van der Waals surface area contributed by atoms with Gasteiger partial charge < -0.3 is 10.1 Å². The number of nitrogens with zero attached hydrogens (tertiary/aromatic N) is 1. The maximum atomic E-state index is 10.0. The molecule has 1 radical (unpaired) electrons. The molecule has 10 heavy (non-hydrogen) atoms. The number of aromatic nitrogens is 2. The summed E-state index contributed by atoms with van der Waals surface area (Å²) in [5, 5.41) is 8.26. The maximum absolute atomic E-state index is 10.0. The predicted octanol–water partition coefficient (Wildman–Crippen LogP) is 0.227. The van der Waals surface area contributed by atoms with Crippen molar-refractivity contribution in [3.05, 3.63) is 18.2 Å². The van der Waals surface area contributed by atoms with E-state index in [-0.39, 0.29) is 6.42 Å². The summed E-state index contributed by atoms with van der Waals surface area (Å²) in [6.07, 6.45) is 4.66. The van der Waals surface area contributed by atoms with E-state index in [0.717, 1.165) is 0 Å². The van der Waals surface area contributed by atoms with Crippen LogP contribution in [0.15, 0.2) is 6.20 Å². The lowest BCUT2D eigenvalue weighted by Gasteiger charge is -1.89. The van der Waals surface area contributed by atoms with Gasteiger partial charge >= 0.3 is 5.97 Å². The van der Waals surface area contributed by atoms with Gasteiger partial charge in [-0.05, 0) is 0 Å². The first-order valence-electron chi connectivity index (χ1n) is 2.91. The second kappa shape index (κ2) is 3.00. The molecule has 2 N–H and O–H groups in total. The van der Waals surface area contributed by atoms with Crippen LogP contribution in [0, 0.1) is 6.20 Å². The van der Waals surface area contributed by atoms with Gasteiger partial charge in [0, 0.05) is 12.6 Å². The molecule has 1 rings (SSSR count). The number of aryl methyl sites for hydroxylation is 1. The first-order chi connectivity index (χ1) is 4.79. The Morgan fingerprint density at radius 2 is 2.70 bits per heavy atom. The Labute approximate surface area is 57.9 Å². The number of H-pyrrole nitrogens is 1. The number of hydrogen-bond acceptors (Lipinski definition) is 2. The molecule has 0 unspecified atom stereocenters. The topological polar surface area (TPSA) is 66.0 Å². The van der Waals surface area contributed by atoms with Crippen molar-refractivity contribution in [2.75, 3.05) is 0 Å². The van der Waals surface area contributed by atoms with Crippen LogP contribution in [-0.4, -0.2) is 21.0 Å². The highest BCUT2D eigenvalue weighted by molar-refractivity contribution is 5.66. The Balaban J connectivity index is 2.35. The van der Waals surface area contributed by atoms with Crippen molar-refractivity contribution in [2.24, 2.45) is 0 Å². The molecule has 0 amide bonds. The zero-order valence-corrected chi connectivity index (χ0v) is 5.29. The minimum absolute atomic E-state index is 0.112. The van der Waals surface area contributed by atoms with Gasteiger partial charge in [0.1, 0.15) is 12.0 Å². The molecule has 0 saturated carbocycles. The van der Waals surface area contributed by atoms with Crippen LogP contribution in [0.2, 0.25) is 0 Å². The smallest absolute Gasteiger partial charge is 0.303 e. The van der Waals surface area contributed by atoms with E-state index in [4.69, 9.17) is 5.11 Å². The number of aliphatic carboxylic acids is 1. The summed E-state index contributed by atoms with van der Waals surface area (Å²) in [7, 11) is 0. The van der Waals surface area contributed by atoms with Gasteiger partial charge in [-0.15, -0.1) is 0 Å². The fourth-order valence-corrected chi connectivity index (χ4v) is 0.611. The van der Waals surface area contributed by atoms with Crippen LogP contribution in [-0.2, 0) is 11.2 Å². The minimum atomic E-state index is -0.809. The fourth-order valence-electron chi connectivity index (χ4n) is 0.611. The van der Waals surface area contributed by atoms with Crippen LogP contribution in [0.3, 0.4) is 0 Å². The molecule has 0 aromatic carbocycles. The average molecular weight is 139 g/mol. The number of aromatic amines is 1. The molecule has 4 nitrogen and oxygen atoms in total. The van der Waals surface area contributed by atoms with E-state index in [1.54, 1.807) is 6.20 Å². The lowest BCUT2D eigenvalue weighted by atomic mass is 10.3. The molecule has 0 bridgehead atoms. The van der Waals surface area contributed by atoms with Crippen molar-refractivity contribution < 1.29 is 9.90 Å². The van der Waals surface area contributed by atoms with Gasteiger partial charge in [0.05, 0.1) is 6.42 Å². The minimum Gasteiger partial charge on any atom is -0.481 e. The summed E-state index contributed by atoms with van der Waals surface area (Å²) in [5.41, 5.74) is 0. The SMILES string of the molecule is O=C(O)CCc1n[c]c[nH]1. The first kappa shape index (κ1) is 6.80. The number of rotatable bonds is 3. The number of imidazole rings is 1. The van der Waals surface area contributed by atoms with Gasteiger partial charge in [-0.3, -0.25) is 4.79 Å². The van der Waals surface area contributed by atoms with Crippen molar-refractivity contribution in [1.82, 2.24) is 9.97 Å². The highest BCUT2D eigenvalue weighted by Crippen LogP contribution is 1.93. The van der Waals surface area contributed by atoms with Crippen LogP contribution in [0.4, 0.5) is 0 Å². The van der Waals surface area contributed by atoms with Gasteiger partial charge in [-0.25, -0.2) is 4.98 Å². The summed E-state index contributed by atoms with van der Waals surface area (Å²) in [6, 6.07) is 0. The normalized spacial score (nSPS) is 9.60. The molecule has 0 fully saturated rings. The molecule has 0 spiro atoms. The van der Waals surface area contributed by atoms with Crippen molar-refractivity contribution >= 4 is 5.97 Å². The third kappa shape index (κ3) is 1.89. The Morgan fingerprint density at radius 1 is 1.90 bits per heavy atom. The number of carboxylic acid groups (broad SMARTS) is 1. The van der Waals surface area contributed by atoms with Gasteiger partial charge in [-0.1, -0.05) is 0 Å². The highest BCUT2D eigenvalue weighted by Gasteiger charge is 1.99. The standard InChI is InChI=1S/C6H7N2O2/c9-6(10)2-1-5-7-3-4-8-5/h3H,1-2H2,(H,7,8)(H,9,10). The lowest BCUT2D eigenvalue weighted by molar-refractivity contribution is -0.137. The first-order valence-corrected chi connectivity index (χ1v) is 2.91. The van der Waals surface area contributed by atoms with E-state index in [0.29, 0.717) is 12.2 Å².